The second kappa shape index (κ2) is 10.1. The van der Waals surface area contributed by atoms with E-state index in [1.54, 1.807) is 11.8 Å². The molecule has 0 saturated carbocycles. The first kappa shape index (κ1) is 20.2. The molecule has 1 aromatic carbocycles. The summed E-state index contributed by atoms with van der Waals surface area (Å²) in [4.78, 5) is 15.0. The van der Waals surface area contributed by atoms with Crippen LogP contribution in [0.4, 0.5) is 0 Å². The molecule has 2 heterocycles. The van der Waals surface area contributed by atoms with Crippen LogP contribution in [0.25, 0.3) is 11.0 Å². The standard InChI is InChI=1S/C25H34N2O2/c28-25(12-11-21-9-6-10-24-23(21)15-18-29-24)26-22-13-16-27(17-14-22)19-20-7-4-2-1-3-5-8-20/h6-7,9-10,15,18,22H,1-5,8,11-14,16-17,19H2,(H,26,28)/b20-7+. The normalized spacial score (nSPS) is 21.3. The van der Waals surface area contributed by atoms with Crippen molar-refractivity contribution < 1.29 is 9.21 Å². The van der Waals surface area contributed by atoms with Crippen LogP contribution in [0.5, 0.6) is 0 Å². The number of nitrogens with zero attached hydrogens (tertiary/aromatic N) is 1. The number of benzene rings is 1. The van der Waals surface area contributed by atoms with Gasteiger partial charge in [0.05, 0.1) is 6.26 Å². The van der Waals surface area contributed by atoms with Crippen molar-refractivity contribution in [3.8, 4) is 0 Å². The lowest BCUT2D eigenvalue weighted by molar-refractivity contribution is -0.122. The largest absolute Gasteiger partial charge is 0.464 e. The average molecular weight is 395 g/mol. The Morgan fingerprint density at radius 3 is 2.86 bits per heavy atom. The van der Waals surface area contributed by atoms with Crippen molar-refractivity contribution in [2.45, 2.75) is 70.3 Å². The highest BCUT2D eigenvalue weighted by Gasteiger charge is 2.21. The maximum Gasteiger partial charge on any atom is 0.220 e. The molecule has 1 aliphatic carbocycles. The van der Waals surface area contributed by atoms with E-state index in [9.17, 15) is 4.79 Å². The summed E-state index contributed by atoms with van der Waals surface area (Å²) in [6, 6.07) is 8.38. The molecule has 29 heavy (non-hydrogen) atoms. The van der Waals surface area contributed by atoms with Gasteiger partial charge in [0.1, 0.15) is 5.58 Å². The van der Waals surface area contributed by atoms with Crippen molar-refractivity contribution in [3.63, 3.8) is 0 Å². The lowest BCUT2D eigenvalue weighted by atomic mass is 9.98. The van der Waals surface area contributed by atoms with Gasteiger partial charge in [0.2, 0.25) is 5.91 Å². The molecule has 1 fully saturated rings. The summed E-state index contributed by atoms with van der Waals surface area (Å²) in [7, 11) is 0. The number of furan rings is 1. The Morgan fingerprint density at radius 1 is 1.10 bits per heavy atom. The van der Waals surface area contributed by atoms with Crippen molar-refractivity contribution in [1.29, 1.82) is 0 Å². The van der Waals surface area contributed by atoms with Gasteiger partial charge in [-0.25, -0.2) is 0 Å². The quantitative estimate of drug-likeness (QED) is 0.683. The minimum atomic E-state index is 0.173. The molecule has 2 aromatic rings. The first-order valence-corrected chi connectivity index (χ1v) is 11.4. The minimum Gasteiger partial charge on any atom is -0.464 e. The molecule has 4 heteroatoms. The highest BCUT2D eigenvalue weighted by atomic mass is 16.3. The lowest BCUT2D eigenvalue weighted by Crippen LogP contribution is -2.45. The van der Waals surface area contributed by atoms with E-state index in [0.29, 0.717) is 12.5 Å². The third-order valence-corrected chi connectivity index (χ3v) is 6.47. The second-order valence-corrected chi connectivity index (χ2v) is 8.68. The fourth-order valence-corrected chi connectivity index (χ4v) is 4.75. The van der Waals surface area contributed by atoms with Crippen LogP contribution in [-0.2, 0) is 11.2 Å². The Bertz CT molecular complexity index is 830. The van der Waals surface area contributed by atoms with Crippen LogP contribution >= 0.6 is 0 Å². The van der Waals surface area contributed by atoms with Crippen molar-refractivity contribution in [2.24, 2.45) is 0 Å². The molecule has 0 bridgehead atoms. The maximum absolute atomic E-state index is 12.5. The Morgan fingerprint density at radius 2 is 1.97 bits per heavy atom. The fraction of sp³-hybridized carbons (Fsp3) is 0.560. The Labute approximate surface area is 174 Å². The summed E-state index contributed by atoms with van der Waals surface area (Å²) in [5.41, 5.74) is 3.73. The number of amides is 1. The van der Waals surface area contributed by atoms with Gasteiger partial charge in [-0.1, -0.05) is 36.6 Å². The van der Waals surface area contributed by atoms with Crippen molar-refractivity contribution in [2.75, 3.05) is 19.6 Å². The van der Waals surface area contributed by atoms with E-state index in [1.165, 1.54) is 44.1 Å². The van der Waals surface area contributed by atoms with E-state index < -0.39 is 0 Å². The predicted octanol–water partition coefficient (Wildman–Crippen LogP) is 5.23. The molecule has 1 saturated heterocycles. The van der Waals surface area contributed by atoms with E-state index in [1.807, 2.05) is 18.2 Å². The van der Waals surface area contributed by atoms with Gasteiger partial charge in [0, 0.05) is 37.5 Å². The van der Waals surface area contributed by atoms with E-state index in [-0.39, 0.29) is 5.91 Å². The van der Waals surface area contributed by atoms with Gasteiger partial charge >= 0.3 is 0 Å². The summed E-state index contributed by atoms with van der Waals surface area (Å²) in [5.74, 6) is 0.173. The number of hydrogen-bond acceptors (Lipinski definition) is 3. The molecule has 0 unspecified atom stereocenters. The van der Waals surface area contributed by atoms with Gasteiger partial charge in [0.15, 0.2) is 0 Å². The average Bonchev–Trinajstić information content (AvgIpc) is 3.19. The molecule has 0 spiro atoms. The van der Waals surface area contributed by atoms with E-state index in [4.69, 9.17) is 4.42 Å². The number of nitrogens with one attached hydrogen (secondary N) is 1. The Balaban J connectivity index is 1.19. The molecule has 156 valence electrons. The van der Waals surface area contributed by atoms with Gasteiger partial charge in [-0.15, -0.1) is 0 Å². The van der Waals surface area contributed by atoms with Gasteiger partial charge in [-0.2, -0.15) is 0 Å². The van der Waals surface area contributed by atoms with Gasteiger partial charge in [-0.3, -0.25) is 9.69 Å². The van der Waals surface area contributed by atoms with Crippen LogP contribution in [0.15, 0.2) is 46.6 Å². The zero-order chi connectivity index (χ0) is 19.9. The molecular weight excluding hydrogens is 360 g/mol. The zero-order valence-corrected chi connectivity index (χ0v) is 17.5. The predicted molar refractivity (Wildman–Crippen MR) is 118 cm³/mol. The topological polar surface area (TPSA) is 45.5 Å². The number of carbonyl (C=O) groups is 1. The van der Waals surface area contributed by atoms with Crippen molar-refractivity contribution >= 4 is 16.9 Å². The molecule has 4 rings (SSSR count). The third-order valence-electron chi connectivity index (χ3n) is 6.47. The third kappa shape index (κ3) is 5.72. The van der Waals surface area contributed by atoms with Gasteiger partial charge in [-0.05, 0) is 62.6 Å². The monoisotopic (exact) mass is 394 g/mol. The van der Waals surface area contributed by atoms with Crippen molar-refractivity contribution in [1.82, 2.24) is 10.2 Å². The van der Waals surface area contributed by atoms with Crippen LogP contribution in [0.1, 0.15) is 63.4 Å². The minimum absolute atomic E-state index is 0.173. The van der Waals surface area contributed by atoms with E-state index in [2.05, 4.69) is 22.4 Å². The second-order valence-electron chi connectivity index (χ2n) is 8.68. The SMILES string of the molecule is O=C(CCc1cccc2occc12)NC1CCN(C/C2=C/CCCCCC2)CC1. The molecule has 1 aliphatic heterocycles. The lowest BCUT2D eigenvalue weighted by Gasteiger charge is -2.33. The number of rotatable bonds is 6. The van der Waals surface area contributed by atoms with Crippen molar-refractivity contribution in [3.05, 3.63) is 47.7 Å². The summed E-state index contributed by atoms with van der Waals surface area (Å²) < 4.78 is 5.46. The van der Waals surface area contributed by atoms with Crippen LogP contribution in [0.3, 0.4) is 0 Å². The van der Waals surface area contributed by atoms with Crippen LogP contribution in [0.2, 0.25) is 0 Å². The molecule has 0 radical (unpaired) electrons. The summed E-state index contributed by atoms with van der Waals surface area (Å²) in [6.07, 6.45) is 15.7. The number of carbonyl (C=O) groups excluding carboxylic acids is 1. The number of allylic oxidation sites excluding steroid dienone is 1. The number of hydrogen-bond donors (Lipinski definition) is 1. The Hall–Kier alpha value is -2.07. The highest BCUT2D eigenvalue weighted by molar-refractivity contribution is 5.82. The van der Waals surface area contributed by atoms with Crippen LogP contribution in [-0.4, -0.2) is 36.5 Å². The molecule has 1 aromatic heterocycles. The number of aryl methyl sites for hydroxylation is 1. The molecular formula is C25H34N2O2. The molecule has 1 amide bonds. The summed E-state index contributed by atoms with van der Waals surface area (Å²) in [6.45, 7) is 3.32. The van der Waals surface area contributed by atoms with E-state index in [0.717, 1.165) is 49.9 Å². The molecule has 4 nitrogen and oxygen atoms in total. The Kier molecular flexibility index (Phi) is 7.04. The smallest absolute Gasteiger partial charge is 0.220 e. The van der Waals surface area contributed by atoms with Gasteiger partial charge in [0.25, 0.3) is 0 Å². The van der Waals surface area contributed by atoms with Gasteiger partial charge < -0.3 is 9.73 Å². The summed E-state index contributed by atoms with van der Waals surface area (Å²) in [5, 5.41) is 4.39. The van der Waals surface area contributed by atoms with Crippen LogP contribution < -0.4 is 5.32 Å². The summed E-state index contributed by atoms with van der Waals surface area (Å²) >= 11 is 0. The number of fused-ring (bicyclic) bond motifs is 1. The van der Waals surface area contributed by atoms with Crippen LogP contribution in [0, 0.1) is 0 Å². The molecule has 2 aliphatic rings. The molecule has 1 N–H and O–H groups in total. The zero-order valence-electron chi connectivity index (χ0n) is 17.5. The molecule has 0 atom stereocenters. The number of piperidine rings is 1. The first-order valence-electron chi connectivity index (χ1n) is 11.4. The van der Waals surface area contributed by atoms with E-state index >= 15 is 0 Å². The highest BCUT2D eigenvalue weighted by Crippen LogP contribution is 2.22. The number of likely N-dealkylation sites (tertiary alicyclic amines) is 1. The maximum atomic E-state index is 12.5. The fourth-order valence-electron chi connectivity index (χ4n) is 4.75. The first-order chi connectivity index (χ1) is 14.3.